The molecule has 0 radical (unpaired) electrons. The van der Waals surface area contributed by atoms with Gasteiger partial charge in [-0.2, -0.15) is 0 Å². The Balaban J connectivity index is 2.10. The van der Waals surface area contributed by atoms with Gasteiger partial charge in [0.1, 0.15) is 0 Å². The van der Waals surface area contributed by atoms with E-state index in [0.29, 0.717) is 36.8 Å². The van der Waals surface area contributed by atoms with Crippen LogP contribution >= 0.6 is 11.6 Å². The van der Waals surface area contributed by atoms with Crippen molar-refractivity contribution < 1.29 is 9.72 Å². The summed E-state index contributed by atoms with van der Waals surface area (Å²) in [5.74, 6) is 0.155. The molecular formula is C17H24ClN3O3. The Morgan fingerprint density at radius 3 is 2.75 bits per heavy atom. The minimum absolute atomic E-state index is 0.0307. The molecule has 132 valence electrons. The molecule has 1 amide bonds. The molecule has 0 N–H and O–H groups in total. The summed E-state index contributed by atoms with van der Waals surface area (Å²) in [7, 11) is 0. The van der Waals surface area contributed by atoms with Crippen LogP contribution in [-0.4, -0.2) is 46.8 Å². The first-order chi connectivity index (χ1) is 11.5. The highest BCUT2D eigenvalue weighted by Crippen LogP contribution is 2.27. The zero-order valence-corrected chi connectivity index (χ0v) is 15.0. The first-order valence-corrected chi connectivity index (χ1v) is 8.78. The van der Waals surface area contributed by atoms with E-state index in [1.54, 1.807) is 6.07 Å². The summed E-state index contributed by atoms with van der Waals surface area (Å²) in [5, 5.41) is 11.7. The molecule has 1 saturated heterocycles. The Morgan fingerprint density at radius 2 is 2.12 bits per heavy atom. The SMILES string of the molecule is CCN(CC)C(=O)C1CCCN(Cc2cc(Cl)ccc2[N+](=O)[O-])C1. The summed E-state index contributed by atoms with van der Waals surface area (Å²) in [4.78, 5) is 27.4. The molecule has 1 aliphatic rings. The van der Waals surface area contributed by atoms with Crippen molar-refractivity contribution in [3.05, 3.63) is 38.9 Å². The monoisotopic (exact) mass is 353 g/mol. The molecule has 1 heterocycles. The lowest BCUT2D eigenvalue weighted by molar-refractivity contribution is -0.385. The molecule has 1 aromatic rings. The van der Waals surface area contributed by atoms with Gasteiger partial charge in [-0.05, 0) is 45.4 Å². The van der Waals surface area contributed by atoms with Crippen molar-refractivity contribution in [2.45, 2.75) is 33.2 Å². The van der Waals surface area contributed by atoms with Crippen molar-refractivity contribution in [2.24, 2.45) is 5.92 Å². The molecule has 0 aromatic heterocycles. The van der Waals surface area contributed by atoms with Gasteiger partial charge in [0.25, 0.3) is 5.69 Å². The van der Waals surface area contributed by atoms with Gasteiger partial charge in [0, 0.05) is 42.8 Å². The van der Waals surface area contributed by atoms with Crippen LogP contribution in [0.1, 0.15) is 32.3 Å². The van der Waals surface area contributed by atoms with Gasteiger partial charge < -0.3 is 4.90 Å². The molecule has 1 fully saturated rings. The largest absolute Gasteiger partial charge is 0.343 e. The highest BCUT2D eigenvalue weighted by molar-refractivity contribution is 6.30. The average molecular weight is 354 g/mol. The lowest BCUT2D eigenvalue weighted by atomic mass is 9.96. The quantitative estimate of drug-likeness (QED) is 0.581. The van der Waals surface area contributed by atoms with Crippen LogP contribution in [0.3, 0.4) is 0 Å². The van der Waals surface area contributed by atoms with E-state index < -0.39 is 0 Å². The molecule has 24 heavy (non-hydrogen) atoms. The minimum Gasteiger partial charge on any atom is -0.343 e. The summed E-state index contributed by atoms with van der Waals surface area (Å²) in [6, 6.07) is 4.63. The molecule has 6 nitrogen and oxygen atoms in total. The summed E-state index contributed by atoms with van der Waals surface area (Å²) in [5.41, 5.74) is 0.681. The van der Waals surface area contributed by atoms with Crippen LogP contribution in [0, 0.1) is 16.0 Å². The number of carbonyl (C=O) groups excluding carboxylic acids is 1. The fraction of sp³-hybridized carbons (Fsp3) is 0.588. The second-order valence-electron chi connectivity index (χ2n) is 6.11. The first kappa shape index (κ1) is 18.7. The van der Waals surface area contributed by atoms with Crippen molar-refractivity contribution in [2.75, 3.05) is 26.2 Å². The number of hydrogen-bond donors (Lipinski definition) is 0. The second kappa shape index (κ2) is 8.44. The summed E-state index contributed by atoms with van der Waals surface area (Å²) >= 11 is 6.00. The van der Waals surface area contributed by atoms with E-state index in [1.165, 1.54) is 12.1 Å². The Kier molecular flexibility index (Phi) is 6.57. The lowest BCUT2D eigenvalue weighted by Crippen LogP contribution is -2.44. The average Bonchev–Trinajstić information content (AvgIpc) is 2.56. The van der Waals surface area contributed by atoms with Gasteiger partial charge in [-0.15, -0.1) is 0 Å². The van der Waals surface area contributed by atoms with E-state index in [-0.39, 0.29) is 22.4 Å². The smallest absolute Gasteiger partial charge is 0.273 e. The molecule has 1 atom stereocenters. The number of amides is 1. The van der Waals surface area contributed by atoms with Crippen molar-refractivity contribution >= 4 is 23.2 Å². The Labute approximate surface area is 147 Å². The van der Waals surface area contributed by atoms with Crippen LogP contribution in [-0.2, 0) is 11.3 Å². The molecule has 0 aliphatic carbocycles. The molecule has 2 rings (SSSR count). The second-order valence-corrected chi connectivity index (χ2v) is 6.55. The number of nitro benzene ring substituents is 1. The summed E-state index contributed by atoms with van der Waals surface area (Å²) in [6.45, 7) is 7.31. The standard InChI is InChI=1S/C17H24ClN3O3/c1-3-20(4-2)17(22)13-6-5-9-19(11-13)12-14-10-15(18)7-8-16(14)21(23)24/h7-8,10,13H,3-6,9,11-12H2,1-2H3. The number of nitrogens with zero attached hydrogens (tertiary/aromatic N) is 3. The Hall–Kier alpha value is -1.66. The molecule has 1 aromatic carbocycles. The van der Waals surface area contributed by atoms with Gasteiger partial charge in [-0.1, -0.05) is 11.6 Å². The van der Waals surface area contributed by atoms with E-state index in [1.807, 2.05) is 18.7 Å². The van der Waals surface area contributed by atoms with Crippen LogP contribution in [0.5, 0.6) is 0 Å². The van der Waals surface area contributed by atoms with Gasteiger partial charge >= 0.3 is 0 Å². The number of hydrogen-bond acceptors (Lipinski definition) is 4. The first-order valence-electron chi connectivity index (χ1n) is 8.40. The number of nitro groups is 1. The molecule has 0 bridgehead atoms. The Morgan fingerprint density at radius 1 is 1.42 bits per heavy atom. The van der Waals surface area contributed by atoms with E-state index in [9.17, 15) is 14.9 Å². The number of piperidine rings is 1. The number of likely N-dealkylation sites (tertiary alicyclic amines) is 1. The third-order valence-corrected chi connectivity index (χ3v) is 4.80. The minimum atomic E-state index is -0.381. The van der Waals surface area contributed by atoms with E-state index in [0.717, 1.165) is 19.4 Å². The highest BCUT2D eigenvalue weighted by atomic mass is 35.5. The van der Waals surface area contributed by atoms with Crippen LogP contribution in [0.4, 0.5) is 5.69 Å². The molecule has 0 spiro atoms. The van der Waals surface area contributed by atoms with Crippen LogP contribution in [0.25, 0.3) is 0 Å². The maximum absolute atomic E-state index is 12.6. The lowest BCUT2D eigenvalue weighted by Gasteiger charge is -2.34. The molecule has 7 heteroatoms. The van der Waals surface area contributed by atoms with Gasteiger partial charge in [-0.25, -0.2) is 0 Å². The Bertz CT molecular complexity index is 605. The molecular weight excluding hydrogens is 330 g/mol. The highest BCUT2D eigenvalue weighted by Gasteiger charge is 2.29. The molecule has 0 saturated carbocycles. The maximum atomic E-state index is 12.6. The zero-order chi connectivity index (χ0) is 17.7. The molecule has 1 aliphatic heterocycles. The third-order valence-electron chi connectivity index (χ3n) is 4.56. The number of benzene rings is 1. The van der Waals surface area contributed by atoms with Crippen molar-refractivity contribution in [1.29, 1.82) is 0 Å². The number of halogens is 1. The van der Waals surface area contributed by atoms with Crippen molar-refractivity contribution in [1.82, 2.24) is 9.80 Å². The van der Waals surface area contributed by atoms with Crippen LogP contribution in [0.15, 0.2) is 18.2 Å². The predicted molar refractivity (Wildman–Crippen MR) is 94.0 cm³/mol. The van der Waals surface area contributed by atoms with Gasteiger partial charge in [0.05, 0.1) is 10.8 Å². The number of carbonyl (C=O) groups is 1. The van der Waals surface area contributed by atoms with Gasteiger partial charge in [-0.3, -0.25) is 19.8 Å². The molecule has 1 unspecified atom stereocenters. The van der Waals surface area contributed by atoms with Gasteiger partial charge in [0.2, 0.25) is 5.91 Å². The zero-order valence-electron chi connectivity index (χ0n) is 14.2. The number of rotatable bonds is 6. The maximum Gasteiger partial charge on any atom is 0.273 e. The fourth-order valence-corrected chi connectivity index (χ4v) is 3.49. The van der Waals surface area contributed by atoms with Gasteiger partial charge in [0.15, 0.2) is 0 Å². The van der Waals surface area contributed by atoms with Crippen LogP contribution < -0.4 is 0 Å². The predicted octanol–water partition coefficient (Wildman–Crippen LogP) is 3.33. The topological polar surface area (TPSA) is 66.7 Å². The van der Waals surface area contributed by atoms with Crippen LogP contribution in [0.2, 0.25) is 5.02 Å². The summed E-state index contributed by atoms with van der Waals surface area (Å²) < 4.78 is 0. The van der Waals surface area contributed by atoms with E-state index in [4.69, 9.17) is 11.6 Å². The van der Waals surface area contributed by atoms with E-state index >= 15 is 0 Å². The normalized spacial score (nSPS) is 18.4. The van der Waals surface area contributed by atoms with Crippen molar-refractivity contribution in [3.63, 3.8) is 0 Å². The summed E-state index contributed by atoms with van der Waals surface area (Å²) in [6.07, 6.45) is 1.80. The third kappa shape index (κ3) is 4.45. The van der Waals surface area contributed by atoms with Crippen molar-refractivity contribution in [3.8, 4) is 0 Å². The fourth-order valence-electron chi connectivity index (χ4n) is 3.29. The van der Waals surface area contributed by atoms with E-state index in [2.05, 4.69) is 4.90 Å².